The first-order chi connectivity index (χ1) is 17.1. The average Bonchev–Trinajstić information content (AvgIpc) is 2.76. The summed E-state index contributed by atoms with van der Waals surface area (Å²) in [4.78, 5) is 36.6. The molecule has 0 fully saturated rings. The van der Waals surface area contributed by atoms with E-state index in [9.17, 15) is 40.4 Å². The van der Waals surface area contributed by atoms with Crippen molar-refractivity contribution < 1.29 is 40.2 Å². The fourth-order valence-corrected chi connectivity index (χ4v) is 3.70. The van der Waals surface area contributed by atoms with Crippen LogP contribution in [-0.4, -0.2) is 36.3 Å². The molecule has 1 N–H and O–H groups in total. The largest absolute Gasteiger partial charge is 0.480 e. The van der Waals surface area contributed by atoms with Crippen molar-refractivity contribution in [3.8, 4) is 22.9 Å². The highest BCUT2D eigenvalue weighted by atomic mass is 35.5. The van der Waals surface area contributed by atoms with Crippen LogP contribution in [0.4, 0.5) is 17.6 Å². The monoisotopic (exact) mass is 565 g/mol. The number of halogens is 5. The Morgan fingerprint density at radius 1 is 1.08 bits per heavy atom. The number of sulfonamides is 1. The molecule has 1 heterocycles. The standard InChI is InChI=1S/C21H16ClF4N3O7S/c1-28-17(21(24,25)26)9-19(31)29(20(28)32)13-8-16(11(22)7-12(13)23)36-15-6-4-3-5-14(15)35-10-18(30)27-37(2,33)34/h3-9H,10H2,1-2H3,(H,27,30). The summed E-state index contributed by atoms with van der Waals surface area (Å²) in [5.74, 6) is -2.70. The number of para-hydroxylation sites is 2. The van der Waals surface area contributed by atoms with Crippen LogP contribution in [-0.2, 0) is 28.0 Å². The van der Waals surface area contributed by atoms with Crippen LogP contribution in [0.1, 0.15) is 5.69 Å². The quantitative estimate of drug-likeness (QED) is 0.437. The van der Waals surface area contributed by atoms with E-state index >= 15 is 0 Å². The van der Waals surface area contributed by atoms with E-state index in [2.05, 4.69) is 0 Å². The van der Waals surface area contributed by atoms with Crippen LogP contribution in [0.25, 0.3) is 5.69 Å². The number of nitrogens with zero attached hydrogens (tertiary/aromatic N) is 2. The fourth-order valence-electron chi connectivity index (χ4n) is 3.04. The van der Waals surface area contributed by atoms with Gasteiger partial charge in [0, 0.05) is 19.2 Å². The molecule has 0 saturated heterocycles. The maximum absolute atomic E-state index is 14.7. The Kier molecular flexibility index (Phi) is 7.69. The molecule has 0 unspecified atom stereocenters. The molecule has 3 aromatic rings. The van der Waals surface area contributed by atoms with Gasteiger partial charge in [-0.05, 0) is 18.2 Å². The zero-order chi connectivity index (χ0) is 27.7. The minimum Gasteiger partial charge on any atom is -0.480 e. The molecule has 0 spiro atoms. The first kappa shape index (κ1) is 27.7. The van der Waals surface area contributed by atoms with Gasteiger partial charge in [0.2, 0.25) is 10.0 Å². The van der Waals surface area contributed by atoms with Gasteiger partial charge in [-0.25, -0.2) is 22.2 Å². The van der Waals surface area contributed by atoms with Gasteiger partial charge >= 0.3 is 11.9 Å². The van der Waals surface area contributed by atoms with E-state index in [4.69, 9.17) is 21.1 Å². The molecule has 2 aromatic carbocycles. The van der Waals surface area contributed by atoms with Crippen LogP contribution < -0.4 is 25.4 Å². The molecule has 1 aromatic heterocycles. The number of rotatable bonds is 7. The molecule has 0 aliphatic rings. The van der Waals surface area contributed by atoms with E-state index in [0.717, 1.165) is 19.4 Å². The van der Waals surface area contributed by atoms with Crippen molar-refractivity contribution in [3.05, 3.63) is 79.8 Å². The molecule has 16 heteroatoms. The zero-order valence-corrected chi connectivity index (χ0v) is 20.4. The molecule has 198 valence electrons. The molecule has 3 rings (SSSR count). The SMILES string of the molecule is Cn1c(C(F)(F)F)cc(=O)n(-c2cc(Oc3ccccc3OCC(=O)NS(C)(=O)=O)c(Cl)cc2F)c1=O. The molecule has 0 saturated carbocycles. The van der Waals surface area contributed by atoms with Gasteiger partial charge in [-0.2, -0.15) is 13.2 Å². The van der Waals surface area contributed by atoms with Crippen LogP contribution in [0.2, 0.25) is 5.02 Å². The van der Waals surface area contributed by atoms with E-state index in [0.29, 0.717) is 6.07 Å². The van der Waals surface area contributed by atoms with E-state index in [1.807, 2.05) is 0 Å². The van der Waals surface area contributed by atoms with Gasteiger partial charge in [-0.15, -0.1) is 0 Å². The van der Waals surface area contributed by atoms with Crippen molar-refractivity contribution >= 4 is 27.5 Å². The van der Waals surface area contributed by atoms with E-state index in [1.165, 1.54) is 24.3 Å². The van der Waals surface area contributed by atoms with Crippen molar-refractivity contribution in [1.29, 1.82) is 0 Å². The minimum absolute atomic E-state index is 0.0734. The molecule has 0 aliphatic heterocycles. The van der Waals surface area contributed by atoms with Gasteiger partial charge in [0.05, 0.1) is 17.0 Å². The lowest BCUT2D eigenvalue weighted by atomic mass is 10.2. The lowest BCUT2D eigenvalue weighted by Crippen LogP contribution is -2.41. The highest BCUT2D eigenvalue weighted by Crippen LogP contribution is 2.37. The molecular formula is C21H16ClF4N3O7S. The van der Waals surface area contributed by atoms with Crippen molar-refractivity contribution in [3.63, 3.8) is 0 Å². The summed E-state index contributed by atoms with van der Waals surface area (Å²) >= 11 is 6.03. The van der Waals surface area contributed by atoms with Gasteiger partial charge in [0.1, 0.15) is 17.3 Å². The Balaban J connectivity index is 2.01. The predicted octanol–water partition coefficient (Wildman–Crippen LogP) is 2.59. The number of carbonyl (C=O) groups excluding carboxylic acids is 1. The first-order valence-corrected chi connectivity index (χ1v) is 12.2. The smallest absolute Gasteiger partial charge is 0.431 e. The number of hydrogen-bond acceptors (Lipinski definition) is 7. The topological polar surface area (TPSA) is 126 Å². The second-order valence-electron chi connectivity index (χ2n) is 7.41. The summed E-state index contributed by atoms with van der Waals surface area (Å²) in [6, 6.07) is 7.29. The number of benzene rings is 2. The van der Waals surface area contributed by atoms with Crippen molar-refractivity contribution in [1.82, 2.24) is 13.9 Å². The fraction of sp³-hybridized carbons (Fsp3) is 0.190. The maximum atomic E-state index is 14.7. The third kappa shape index (κ3) is 6.48. The summed E-state index contributed by atoms with van der Waals surface area (Å²) in [7, 11) is -3.07. The molecule has 0 radical (unpaired) electrons. The molecule has 0 bridgehead atoms. The van der Waals surface area contributed by atoms with E-state index < -0.39 is 57.2 Å². The van der Waals surface area contributed by atoms with Crippen LogP contribution in [0.5, 0.6) is 17.2 Å². The van der Waals surface area contributed by atoms with Gasteiger partial charge < -0.3 is 9.47 Å². The minimum atomic E-state index is -5.01. The van der Waals surface area contributed by atoms with Crippen molar-refractivity contribution in [2.45, 2.75) is 6.18 Å². The lowest BCUT2D eigenvalue weighted by Gasteiger charge is -2.16. The van der Waals surface area contributed by atoms with Crippen molar-refractivity contribution in [2.75, 3.05) is 12.9 Å². The van der Waals surface area contributed by atoms with Gasteiger partial charge in [-0.1, -0.05) is 23.7 Å². The normalized spacial score (nSPS) is 11.8. The molecule has 0 aliphatic carbocycles. The van der Waals surface area contributed by atoms with Crippen LogP contribution in [0.15, 0.2) is 52.1 Å². The average molecular weight is 566 g/mol. The molecule has 10 nitrogen and oxygen atoms in total. The predicted molar refractivity (Wildman–Crippen MR) is 122 cm³/mol. The number of aromatic nitrogens is 2. The molecular weight excluding hydrogens is 550 g/mol. The van der Waals surface area contributed by atoms with Crippen LogP contribution in [0, 0.1) is 5.82 Å². The summed E-state index contributed by atoms with van der Waals surface area (Å²) in [6.07, 6.45) is -4.24. The second kappa shape index (κ2) is 10.3. The van der Waals surface area contributed by atoms with E-state index in [-0.39, 0.29) is 37.5 Å². The Bertz CT molecular complexity index is 1600. The Labute approximate surface area is 210 Å². The molecule has 0 atom stereocenters. The third-order valence-electron chi connectivity index (χ3n) is 4.58. The van der Waals surface area contributed by atoms with Gasteiger partial charge in [0.25, 0.3) is 11.5 Å². The number of amides is 1. The van der Waals surface area contributed by atoms with Gasteiger partial charge in [0.15, 0.2) is 18.1 Å². The number of alkyl halides is 3. The number of nitrogens with one attached hydrogen (secondary N) is 1. The lowest BCUT2D eigenvalue weighted by molar-refractivity contribution is -0.144. The summed E-state index contributed by atoms with van der Waals surface area (Å²) in [5, 5.41) is -0.345. The summed E-state index contributed by atoms with van der Waals surface area (Å²) in [6.45, 7) is -0.729. The highest BCUT2D eigenvalue weighted by molar-refractivity contribution is 7.89. The molecule has 1 amide bonds. The Morgan fingerprint density at radius 2 is 1.70 bits per heavy atom. The Morgan fingerprint density at radius 3 is 2.30 bits per heavy atom. The number of carbonyl (C=O) groups is 1. The number of ether oxygens (including phenoxy) is 2. The second-order valence-corrected chi connectivity index (χ2v) is 9.57. The zero-order valence-electron chi connectivity index (χ0n) is 18.8. The maximum Gasteiger partial charge on any atom is 0.431 e. The Hall–Kier alpha value is -3.85. The van der Waals surface area contributed by atoms with E-state index in [1.54, 1.807) is 4.72 Å². The third-order valence-corrected chi connectivity index (χ3v) is 5.47. The highest BCUT2D eigenvalue weighted by Gasteiger charge is 2.35. The van der Waals surface area contributed by atoms with Crippen LogP contribution in [0.3, 0.4) is 0 Å². The van der Waals surface area contributed by atoms with Crippen LogP contribution >= 0.6 is 11.6 Å². The first-order valence-electron chi connectivity index (χ1n) is 9.88. The summed E-state index contributed by atoms with van der Waals surface area (Å²) in [5.41, 5.74) is -5.21. The summed E-state index contributed by atoms with van der Waals surface area (Å²) < 4.78 is 89.3. The molecule has 37 heavy (non-hydrogen) atoms. The van der Waals surface area contributed by atoms with Gasteiger partial charge in [-0.3, -0.25) is 18.9 Å². The van der Waals surface area contributed by atoms with Crippen molar-refractivity contribution in [2.24, 2.45) is 7.05 Å². The number of hydrogen-bond donors (Lipinski definition) is 1.